The number of anilines is 1. The van der Waals surface area contributed by atoms with Crippen LogP contribution in [0.2, 0.25) is 0 Å². The van der Waals surface area contributed by atoms with Gasteiger partial charge in [0.15, 0.2) is 0 Å². The van der Waals surface area contributed by atoms with E-state index in [0.717, 1.165) is 89.7 Å². The number of amides is 3. The molecule has 0 aliphatic carbocycles. The average molecular weight is 775 g/mol. The number of hydrogen-bond acceptors (Lipinski definition) is 6. The zero-order chi connectivity index (χ0) is 39.6. The third-order valence-corrected chi connectivity index (χ3v) is 11.8. The molecule has 0 radical (unpaired) electrons. The van der Waals surface area contributed by atoms with Crippen LogP contribution in [0.4, 0.5) is 10.5 Å². The third-order valence-electron chi connectivity index (χ3n) is 11.8. The van der Waals surface area contributed by atoms with E-state index >= 15 is 0 Å². The van der Waals surface area contributed by atoms with E-state index in [0.29, 0.717) is 18.7 Å². The first kappa shape index (κ1) is 36.9. The molecule has 5 heterocycles. The molecule has 6 aromatic rings. The summed E-state index contributed by atoms with van der Waals surface area (Å²) in [6.07, 6.45) is 9.96. The number of carbonyl (C=O) groups is 3. The number of nitrogens with zero attached hydrogens (tertiary/aromatic N) is 6. The van der Waals surface area contributed by atoms with Crippen molar-refractivity contribution >= 4 is 23.6 Å². The highest BCUT2D eigenvalue weighted by Gasteiger charge is 2.38. The fourth-order valence-electron chi connectivity index (χ4n) is 8.88. The van der Waals surface area contributed by atoms with Gasteiger partial charge in [-0.25, -0.2) is 14.8 Å². The molecule has 9 rings (SSSR count). The number of carbonyl (C=O) groups excluding carboxylic acids is 2. The summed E-state index contributed by atoms with van der Waals surface area (Å²) in [5.41, 5.74) is 7.41. The van der Waals surface area contributed by atoms with Crippen LogP contribution in [-0.4, -0.2) is 78.5 Å². The quantitative estimate of drug-likeness (QED) is 0.128. The Hall–Kier alpha value is -6.69. The number of imidazole rings is 2. The Labute approximate surface area is 337 Å². The van der Waals surface area contributed by atoms with Gasteiger partial charge >= 0.3 is 6.09 Å². The van der Waals surface area contributed by atoms with Crippen LogP contribution < -0.4 is 10.2 Å². The Bertz CT molecular complexity index is 2400. The number of rotatable bonds is 10. The number of carboxylic acid groups (broad SMARTS) is 1. The lowest BCUT2D eigenvalue weighted by atomic mass is 10.0. The topological polar surface area (TPSA) is 140 Å². The largest absolute Gasteiger partial charge is 0.465 e. The molecular weight excluding hydrogens is 729 g/mol. The van der Waals surface area contributed by atoms with Crippen molar-refractivity contribution in [3.63, 3.8) is 0 Å². The molecule has 0 unspecified atom stereocenters. The van der Waals surface area contributed by atoms with Gasteiger partial charge in [-0.1, -0.05) is 72.8 Å². The molecule has 3 N–H and O–H groups in total. The monoisotopic (exact) mass is 774 g/mol. The van der Waals surface area contributed by atoms with Gasteiger partial charge in [0.05, 0.1) is 24.0 Å². The summed E-state index contributed by atoms with van der Waals surface area (Å²) in [7, 11) is 0. The second kappa shape index (κ2) is 16.0. The Morgan fingerprint density at radius 1 is 0.707 bits per heavy atom. The lowest BCUT2D eigenvalue weighted by Crippen LogP contribution is -2.42. The summed E-state index contributed by atoms with van der Waals surface area (Å²) < 4.78 is 2.01. The van der Waals surface area contributed by atoms with Crippen molar-refractivity contribution in [3.8, 4) is 28.1 Å². The minimum absolute atomic E-state index is 0.0549. The van der Waals surface area contributed by atoms with Crippen molar-refractivity contribution in [2.45, 2.75) is 56.7 Å². The van der Waals surface area contributed by atoms with Crippen LogP contribution in [0.5, 0.6) is 0 Å². The zero-order valence-corrected chi connectivity index (χ0v) is 32.2. The highest BCUT2D eigenvalue weighted by Crippen LogP contribution is 2.36. The first-order chi connectivity index (χ1) is 28.4. The Morgan fingerprint density at radius 2 is 1.40 bits per heavy atom. The molecule has 0 saturated carbocycles. The lowest BCUT2D eigenvalue weighted by molar-refractivity contribution is -0.134. The molecule has 294 valence electrons. The molecule has 3 atom stereocenters. The Balaban J connectivity index is 0.876. The van der Waals surface area contributed by atoms with Gasteiger partial charge < -0.3 is 34.7 Å². The van der Waals surface area contributed by atoms with Crippen molar-refractivity contribution in [1.29, 1.82) is 0 Å². The van der Waals surface area contributed by atoms with Crippen LogP contribution in [-0.2, 0) is 4.79 Å². The van der Waals surface area contributed by atoms with E-state index in [-0.39, 0.29) is 23.9 Å². The van der Waals surface area contributed by atoms with Crippen LogP contribution in [0, 0.1) is 0 Å². The average Bonchev–Trinajstić information content (AvgIpc) is 4.12. The van der Waals surface area contributed by atoms with Gasteiger partial charge in [0.1, 0.15) is 17.7 Å². The van der Waals surface area contributed by atoms with E-state index in [9.17, 15) is 19.5 Å². The maximum atomic E-state index is 13.9. The number of H-pyrrole nitrogens is 1. The van der Waals surface area contributed by atoms with E-state index in [4.69, 9.17) is 9.97 Å². The first-order valence-electron chi connectivity index (χ1n) is 20.2. The molecule has 2 aromatic heterocycles. The SMILES string of the molecule is O=C(O)N[C@@H](C(=O)N1CCC[C@H]1c1nccn1-c1ccc(-c2ccc(-c3cnc([C@@H]4CCCN4C(=O)c4cccc(N5CCCC5)c4)[nH]3)cc2)cc1)c1ccccc1. The maximum absolute atomic E-state index is 13.9. The number of aromatic amines is 1. The molecule has 4 aromatic carbocycles. The fraction of sp³-hybridized carbons (Fsp3) is 0.283. The van der Waals surface area contributed by atoms with Crippen molar-refractivity contribution < 1.29 is 19.5 Å². The standard InChI is InChI=1S/C46H46N8O4/c55-44(35-11-6-12-37(29-35)51-24-4-5-25-51)53-26-7-13-39(53)42-48-30-38(49-42)33-17-15-31(16-18-33)32-19-21-36(22-20-32)52-28-23-47-43(52)40-14-8-27-54(40)45(56)41(50-46(57)58)34-9-2-1-3-10-34/h1-3,6,9-12,15-23,28-30,39-41,50H,4-5,7-8,13-14,24-27H2,(H,48,49)(H,57,58)/t39-,40-,41+/m0/s1. The molecule has 3 amide bonds. The Morgan fingerprint density at radius 3 is 2.14 bits per heavy atom. The van der Waals surface area contributed by atoms with E-state index < -0.39 is 12.1 Å². The fourth-order valence-corrected chi connectivity index (χ4v) is 8.88. The van der Waals surface area contributed by atoms with Crippen LogP contribution in [0.25, 0.3) is 28.1 Å². The molecule has 3 fully saturated rings. The number of nitrogens with one attached hydrogen (secondary N) is 2. The van der Waals surface area contributed by atoms with Gasteiger partial charge in [-0.3, -0.25) is 9.59 Å². The molecule has 12 heteroatoms. The van der Waals surface area contributed by atoms with Gasteiger partial charge in [0, 0.05) is 55.5 Å². The van der Waals surface area contributed by atoms with E-state index in [1.807, 2.05) is 58.3 Å². The van der Waals surface area contributed by atoms with Gasteiger partial charge in [-0.05, 0) is 91.1 Å². The second-order valence-electron chi connectivity index (χ2n) is 15.3. The van der Waals surface area contributed by atoms with Gasteiger partial charge in [0.2, 0.25) is 0 Å². The summed E-state index contributed by atoms with van der Waals surface area (Å²) in [4.78, 5) is 58.4. The first-order valence-corrected chi connectivity index (χ1v) is 20.2. The van der Waals surface area contributed by atoms with Crippen LogP contribution in [0.1, 0.15) is 84.2 Å². The summed E-state index contributed by atoms with van der Waals surface area (Å²) in [5.74, 6) is 1.31. The minimum Gasteiger partial charge on any atom is -0.465 e. The van der Waals surface area contributed by atoms with E-state index in [1.54, 1.807) is 35.4 Å². The highest BCUT2D eigenvalue weighted by molar-refractivity contribution is 5.95. The van der Waals surface area contributed by atoms with E-state index in [2.05, 4.69) is 57.7 Å². The van der Waals surface area contributed by atoms with Gasteiger partial charge in [-0.15, -0.1) is 0 Å². The van der Waals surface area contributed by atoms with Crippen molar-refractivity contribution in [1.82, 2.24) is 34.6 Å². The molecule has 58 heavy (non-hydrogen) atoms. The Kier molecular flexibility index (Phi) is 10.2. The summed E-state index contributed by atoms with van der Waals surface area (Å²) in [5, 5.41) is 12.0. The van der Waals surface area contributed by atoms with Gasteiger partial charge in [0.25, 0.3) is 11.8 Å². The van der Waals surface area contributed by atoms with E-state index in [1.165, 1.54) is 12.8 Å². The van der Waals surface area contributed by atoms with Crippen LogP contribution >= 0.6 is 0 Å². The maximum Gasteiger partial charge on any atom is 0.405 e. The highest BCUT2D eigenvalue weighted by atomic mass is 16.4. The molecule has 3 saturated heterocycles. The number of hydrogen-bond donors (Lipinski definition) is 3. The molecule has 0 spiro atoms. The van der Waals surface area contributed by atoms with Gasteiger partial charge in [-0.2, -0.15) is 0 Å². The number of aromatic nitrogens is 4. The minimum atomic E-state index is -1.25. The molecular formula is C46H46N8O4. The molecule has 12 nitrogen and oxygen atoms in total. The molecule has 0 bridgehead atoms. The summed E-state index contributed by atoms with van der Waals surface area (Å²) in [6, 6.07) is 32.2. The second-order valence-corrected chi connectivity index (χ2v) is 15.3. The zero-order valence-electron chi connectivity index (χ0n) is 32.2. The summed E-state index contributed by atoms with van der Waals surface area (Å²) in [6.45, 7) is 3.31. The van der Waals surface area contributed by atoms with Crippen molar-refractivity contribution in [3.05, 3.63) is 144 Å². The van der Waals surface area contributed by atoms with Crippen molar-refractivity contribution in [2.24, 2.45) is 0 Å². The summed E-state index contributed by atoms with van der Waals surface area (Å²) >= 11 is 0. The normalized spacial score (nSPS) is 18.4. The molecule has 3 aliphatic heterocycles. The van der Waals surface area contributed by atoms with Crippen LogP contribution in [0.15, 0.2) is 122 Å². The number of benzene rings is 4. The number of likely N-dealkylation sites (tertiary alicyclic amines) is 2. The van der Waals surface area contributed by atoms with Crippen molar-refractivity contribution in [2.75, 3.05) is 31.1 Å². The third kappa shape index (κ3) is 7.33. The lowest BCUT2D eigenvalue weighted by Gasteiger charge is -2.29. The molecule has 3 aliphatic rings. The predicted octanol–water partition coefficient (Wildman–Crippen LogP) is 8.18. The predicted molar refractivity (Wildman–Crippen MR) is 222 cm³/mol. The smallest absolute Gasteiger partial charge is 0.405 e. The van der Waals surface area contributed by atoms with Crippen LogP contribution in [0.3, 0.4) is 0 Å².